The lowest BCUT2D eigenvalue weighted by Crippen LogP contribution is -2.74. The lowest BCUT2D eigenvalue weighted by Gasteiger charge is -2.61. The summed E-state index contributed by atoms with van der Waals surface area (Å²) in [6, 6.07) is 0.649. The van der Waals surface area contributed by atoms with Gasteiger partial charge in [0, 0.05) is 63.8 Å². The van der Waals surface area contributed by atoms with Gasteiger partial charge in [-0.3, -0.25) is 14.6 Å². The van der Waals surface area contributed by atoms with Crippen LogP contribution in [0.1, 0.15) is 13.8 Å². The Morgan fingerprint density at radius 2 is 1.79 bits per heavy atom. The first-order valence-electron chi connectivity index (χ1n) is 7.53. The van der Waals surface area contributed by atoms with E-state index in [-0.39, 0.29) is 0 Å². The third-order valence-corrected chi connectivity index (χ3v) is 4.78. The summed E-state index contributed by atoms with van der Waals surface area (Å²) < 4.78 is 0. The summed E-state index contributed by atoms with van der Waals surface area (Å²) in [4.78, 5) is 19.0. The monoisotopic (exact) mass is 266 g/mol. The first-order chi connectivity index (χ1) is 9.08. The second-order valence-corrected chi connectivity index (χ2v) is 6.77. The van der Waals surface area contributed by atoms with Gasteiger partial charge in [-0.2, -0.15) is 0 Å². The Bertz CT molecular complexity index is 337. The van der Waals surface area contributed by atoms with Crippen molar-refractivity contribution in [2.45, 2.75) is 19.9 Å². The number of amides is 1. The van der Waals surface area contributed by atoms with Crippen LogP contribution in [0.3, 0.4) is 0 Å². The van der Waals surface area contributed by atoms with Crippen molar-refractivity contribution in [3.63, 3.8) is 0 Å². The molecule has 3 rings (SSSR count). The van der Waals surface area contributed by atoms with Gasteiger partial charge in [0.05, 0.1) is 6.54 Å². The Labute approximate surface area is 115 Å². The van der Waals surface area contributed by atoms with Crippen LogP contribution in [0.4, 0.5) is 0 Å². The lowest BCUT2D eigenvalue weighted by atomic mass is 9.72. The minimum atomic E-state index is 0.329. The molecule has 0 aromatic carbocycles. The number of nitrogens with one attached hydrogen (secondary N) is 1. The lowest BCUT2D eigenvalue weighted by molar-refractivity contribution is -0.162. The maximum absolute atomic E-state index is 12.2. The molecule has 3 saturated heterocycles. The number of carbonyl (C=O) groups excluding carboxylic acids is 1. The average Bonchev–Trinajstić information content (AvgIpc) is 2.26. The normalized spacial score (nSPS) is 27.4. The Balaban J connectivity index is 1.40. The molecule has 0 radical (unpaired) electrons. The Morgan fingerprint density at radius 3 is 2.37 bits per heavy atom. The van der Waals surface area contributed by atoms with Crippen LogP contribution in [0.5, 0.6) is 0 Å². The van der Waals surface area contributed by atoms with Gasteiger partial charge >= 0.3 is 0 Å². The molecule has 108 valence electrons. The van der Waals surface area contributed by atoms with Crippen LogP contribution in [-0.4, -0.2) is 85.6 Å². The zero-order valence-electron chi connectivity index (χ0n) is 12.2. The molecule has 0 aromatic rings. The van der Waals surface area contributed by atoms with E-state index in [1.807, 2.05) is 0 Å². The van der Waals surface area contributed by atoms with Crippen molar-refractivity contribution in [2.75, 3.05) is 58.9 Å². The molecule has 19 heavy (non-hydrogen) atoms. The van der Waals surface area contributed by atoms with Crippen LogP contribution in [0.2, 0.25) is 0 Å². The van der Waals surface area contributed by atoms with E-state index in [0.29, 0.717) is 23.9 Å². The standard InChI is InChI=1S/C14H26N4O/c1-12(2)17-8-14(9-17)10-18(11-14)13(19)7-16-5-3-15-4-6-16/h12,15H,3-11H2,1-2H3. The fourth-order valence-corrected chi connectivity index (χ4v) is 3.48. The molecule has 1 N–H and O–H groups in total. The van der Waals surface area contributed by atoms with Crippen molar-refractivity contribution < 1.29 is 4.79 Å². The molecule has 3 aliphatic heterocycles. The molecule has 5 heteroatoms. The molecule has 0 aliphatic carbocycles. The third kappa shape index (κ3) is 2.64. The highest BCUT2D eigenvalue weighted by molar-refractivity contribution is 5.79. The number of likely N-dealkylation sites (tertiary alicyclic amines) is 2. The fraction of sp³-hybridized carbons (Fsp3) is 0.929. The predicted molar refractivity (Wildman–Crippen MR) is 75.0 cm³/mol. The molecule has 0 aromatic heterocycles. The van der Waals surface area contributed by atoms with Gasteiger partial charge in [-0.05, 0) is 13.8 Å². The molecule has 3 fully saturated rings. The van der Waals surface area contributed by atoms with Crippen LogP contribution in [0.25, 0.3) is 0 Å². The number of nitrogens with zero attached hydrogens (tertiary/aromatic N) is 3. The highest BCUT2D eigenvalue weighted by atomic mass is 16.2. The second-order valence-electron chi connectivity index (χ2n) is 6.77. The van der Waals surface area contributed by atoms with Gasteiger partial charge in [-0.25, -0.2) is 0 Å². The van der Waals surface area contributed by atoms with Crippen LogP contribution < -0.4 is 5.32 Å². The van der Waals surface area contributed by atoms with E-state index in [0.717, 1.165) is 39.3 Å². The molecule has 0 unspecified atom stereocenters. The SMILES string of the molecule is CC(C)N1CC2(CN(C(=O)CN3CCNCC3)C2)C1. The molecule has 0 atom stereocenters. The average molecular weight is 266 g/mol. The number of piperazine rings is 1. The van der Waals surface area contributed by atoms with Crippen molar-refractivity contribution in [3.8, 4) is 0 Å². The minimum absolute atomic E-state index is 0.329. The van der Waals surface area contributed by atoms with Crippen molar-refractivity contribution in [3.05, 3.63) is 0 Å². The van der Waals surface area contributed by atoms with Crippen LogP contribution in [0.15, 0.2) is 0 Å². The smallest absolute Gasteiger partial charge is 0.236 e. The summed E-state index contributed by atoms with van der Waals surface area (Å²) >= 11 is 0. The Hall–Kier alpha value is -0.650. The van der Waals surface area contributed by atoms with Gasteiger partial charge in [0.25, 0.3) is 0 Å². The van der Waals surface area contributed by atoms with Gasteiger partial charge in [0.1, 0.15) is 0 Å². The molecule has 5 nitrogen and oxygen atoms in total. The zero-order valence-corrected chi connectivity index (χ0v) is 12.2. The van der Waals surface area contributed by atoms with E-state index in [2.05, 4.69) is 33.9 Å². The van der Waals surface area contributed by atoms with Crippen molar-refractivity contribution in [1.82, 2.24) is 20.0 Å². The molecule has 3 heterocycles. The molecule has 3 aliphatic rings. The Kier molecular flexibility index (Phi) is 3.53. The number of rotatable bonds is 3. The van der Waals surface area contributed by atoms with Crippen molar-refractivity contribution in [1.29, 1.82) is 0 Å². The molecule has 1 amide bonds. The summed E-state index contributed by atoms with van der Waals surface area (Å²) in [5.41, 5.74) is 0.448. The van der Waals surface area contributed by atoms with E-state index in [9.17, 15) is 4.79 Å². The molecular formula is C14H26N4O. The number of carbonyl (C=O) groups is 1. The van der Waals surface area contributed by atoms with Crippen LogP contribution >= 0.6 is 0 Å². The largest absolute Gasteiger partial charge is 0.340 e. The zero-order chi connectivity index (χ0) is 13.5. The number of hydrogen-bond donors (Lipinski definition) is 1. The summed E-state index contributed by atoms with van der Waals surface area (Å²) in [5, 5.41) is 3.32. The fourth-order valence-electron chi connectivity index (χ4n) is 3.48. The first kappa shape index (κ1) is 13.3. The third-order valence-electron chi connectivity index (χ3n) is 4.78. The highest BCUT2D eigenvalue weighted by Gasteiger charge is 2.53. The van der Waals surface area contributed by atoms with Gasteiger partial charge in [0.15, 0.2) is 0 Å². The van der Waals surface area contributed by atoms with Gasteiger partial charge in [0.2, 0.25) is 5.91 Å². The molecule has 0 saturated carbocycles. The summed E-state index contributed by atoms with van der Waals surface area (Å²) in [7, 11) is 0. The molecular weight excluding hydrogens is 240 g/mol. The molecule has 1 spiro atoms. The second kappa shape index (κ2) is 5.04. The minimum Gasteiger partial charge on any atom is -0.340 e. The summed E-state index contributed by atoms with van der Waals surface area (Å²) in [5.74, 6) is 0.329. The first-order valence-corrected chi connectivity index (χ1v) is 7.53. The van der Waals surface area contributed by atoms with E-state index >= 15 is 0 Å². The van der Waals surface area contributed by atoms with Crippen LogP contribution in [-0.2, 0) is 4.79 Å². The van der Waals surface area contributed by atoms with Gasteiger partial charge in [-0.15, -0.1) is 0 Å². The van der Waals surface area contributed by atoms with Gasteiger partial charge in [-0.1, -0.05) is 0 Å². The maximum Gasteiger partial charge on any atom is 0.236 e. The van der Waals surface area contributed by atoms with Crippen LogP contribution in [0, 0.1) is 5.41 Å². The quantitative estimate of drug-likeness (QED) is 0.743. The van der Waals surface area contributed by atoms with E-state index in [4.69, 9.17) is 0 Å². The molecule has 0 bridgehead atoms. The Morgan fingerprint density at radius 1 is 1.16 bits per heavy atom. The van der Waals surface area contributed by atoms with Gasteiger partial charge < -0.3 is 10.2 Å². The van der Waals surface area contributed by atoms with Crippen molar-refractivity contribution >= 4 is 5.91 Å². The summed E-state index contributed by atoms with van der Waals surface area (Å²) in [6.45, 7) is 13.5. The maximum atomic E-state index is 12.2. The van der Waals surface area contributed by atoms with E-state index in [1.54, 1.807) is 0 Å². The highest BCUT2D eigenvalue weighted by Crippen LogP contribution is 2.40. The van der Waals surface area contributed by atoms with E-state index in [1.165, 1.54) is 13.1 Å². The summed E-state index contributed by atoms with van der Waals surface area (Å²) in [6.07, 6.45) is 0. The topological polar surface area (TPSA) is 38.8 Å². The predicted octanol–water partition coefficient (Wildman–Crippen LogP) is -0.556. The van der Waals surface area contributed by atoms with E-state index < -0.39 is 0 Å². The van der Waals surface area contributed by atoms with Crippen molar-refractivity contribution in [2.24, 2.45) is 5.41 Å². The number of hydrogen-bond acceptors (Lipinski definition) is 4.